The van der Waals surface area contributed by atoms with Gasteiger partial charge >= 0.3 is 21.2 Å². The largest absolute Gasteiger partial charge is 0.507 e. The highest BCUT2D eigenvalue weighted by Crippen LogP contribution is 2.17. The maximum atomic E-state index is 12.4. The molecule has 6 heteroatoms. The van der Waals surface area contributed by atoms with E-state index in [0.717, 1.165) is 0 Å². The second-order valence-corrected chi connectivity index (χ2v) is 6.43. The van der Waals surface area contributed by atoms with Crippen LogP contribution in [0, 0.1) is 0 Å². The first-order valence-electron chi connectivity index (χ1n) is 5.86. The molecule has 0 bridgehead atoms. The second kappa shape index (κ2) is 5.92. The summed E-state index contributed by atoms with van der Waals surface area (Å²) in [5, 5.41) is 1.24. The molecule has 0 unspecified atom stereocenters. The molecule has 20 heavy (non-hydrogen) atoms. The van der Waals surface area contributed by atoms with Crippen molar-refractivity contribution in [1.29, 1.82) is 0 Å². The number of hydrogen-bond acceptors (Lipinski definition) is 2. The van der Waals surface area contributed by atoms with Crippen molar-refractivity contribution in [2.45, 2.75) is 6.18 Å². The van der Waals surface area contributed by atoms with E-state index in [0.29, 0.717) is 10.4 Å². The molecule has 0 fully saturated rings. The molecule has 2 nitrogen and oxygen atoms in total. The summed E-state index contributed by atoms with van der Waals surface area (Å²) < 4.78 is 41.9. The molecule has 0 aliphatic heterocycles. The van der Waals surface area contributed by atoms with Crippen LogP contribution in [0.2, 0.25) is 0 Å². The van der Waals surface area contributed by atoms with Gasteiger partial charge in [0.15, 0.2) is 0 Å². The fourth-order valence-corrected chi connectivity index (χ4v) is 3.91. The number of hydrogen-bond donors (Lipinski definition) is 0. The Morgan fingerprint density at radius 2 is 1.25 bits per heavy atom. The Hall–Kier alpha value is -2.08. The van der Waals surface area contributed by atoms with Crippen LogP contribution in [0.25, 0.3) is 0 Å². The predicted octanol–water partition coefficient (Wildman–Crippen LogP) is 1.63. The Kier molecular flexibility index (Phi) is 4.24. The molecule has 0 atom stereocenters. The Bertz CT molecular complexity index is 530. The van der Waals surface area contributed by atoms with E-state index in [1.54, 1.807) is 60.7 Å². The third-order valence-electron chi connectivity index (χ3n) is 2.66. The number of carbonyl (C=O) groups is 1. The van der Waals surface area contributed by atoms with Gasteiger partial charge in [-0.2, -0.15) is 13.2 Å². The van der Waals surface area contributed by atoms with Gasteiger partial charge in [0, 0.05) is 0 Å². The molecule has 2 rings (SSSR count). The lowest BCUT2D eigenvalue weighted by atomic mass is 10.4. The van der Waals surface area contributed by atoms with Gasteiger partial charge in [0.05, 0.1) is 0 Å². The van der Waals surface area contributed by atoms with Gasteiger partial charge in [-0.1, -0.05) is 60.7 Å². The highest BCUT2D eigenvalue weighted by atomic mass is 28.3. The summed E-state index contributed by atoms with van der Waals surface area (Å²) in [6.07, 6.45) is -4.98. The second-order valence-electron chi connectivity index (χ2n) is 4.10. The van der Waals surface area contributed by atoms with E-state index in [1.807, 2.05) is 0 Å². The Balaban J connectivity index is 2.34. The smallest absolute Gasteiger partial charge is 0.489 e. The van der Waals surface area contributed by atoms with Crippen LogP contribution < -0.4 is 10.4 Å². The van der Waals surface area contributed by atoms with Crippen LogP contribution >= 0.6 is 0 Å². The summed E-state index contributed by atoms with van der Waals surface area (Å²) in [6, 6.07) is 17.0. The van der Waals surface area contributed by atoms with Crippen molar-refractivity contribution in [2.75, 3.05) is 0 Å². The summed E-state index contributed by atoms with van der Waals surface area (Å²) in [4.78, 5) is 11.1. The Labute approximate surface area is 115 Å². The highest BCUT2D eigenvalue weighted by molar-refractivity contribution is 6.81. The number of alkyl halides is 3. The lowest BCUT2D eigenvalue weighted by Crippen LogP contribution is -2.48. The zero-order valence-corrected chi connectivity index (χ0v) is 11.5. The quantitative estimate of drug-likeness (QED) is 0.805. The molecule has 0 saturated heterocycles. The number of benzene rings is 2. The van der Waals surface area contributed by atoms with Gasteiger partial charge in [0.25, 0.3) is 0 Å². The normalized spacial score (nSPS) is 11.4. The average Bonchev–Trinajstić information content (AvgIpc) is 2.45. The zero-order chi connectivity index (χ0) is 14.6. The average molecular weight is 296 g/mol. The number of carbonyl (C=O) groups excluding carboxylic acids is 1. The number of halogens is 3. The van der Waals surface area contributed by atoms with Gasteiger partial charge in [-0.15, -0.1) is 0 Å². The van der Waals surface area contributed by atoms with Crippen LogP contribution in [0.5, 0.6) is 0 Å². The monoisotopic (exact) mass is 296 g/mol. The third kappa shape index (κ3) is 3.48. The molecule has 104 valence electrons. The van der Waals surface area contributed by atoms with E-state index < -0.39 is 21.2 Å². The van der Waals surface area contributed by atoms with Crippen LogP contribution in [0.4, 0.5) is 13.2 Å². The fraction of sp³-hybridized carbons (Fsp3) is 0.0714. The first-order valence-corrected chi connectivity index (χ1v) is 7.49. The maximum Gasteiger partial charge on any atom is 0.489 e. The van der Waals surface area contributed by atoms with Gasteiger partial charge in [0.1, 0.15) is 0 Å². The van der Waals surface area contributed by atoms with E-state index in [9.17, 15) is 18.0 Å². The zero-order valence-electron chi connectivity index (χ0n) is 10.3. The Morgan fingerprint density at radius 3 is 1.60 bits per heavy atom. The van der Waals surface area contributed by atoms with Crippen molar-refractivity contribution < 1.29 is 22.4 Å². The van der Waals surface area contributed by atoms with Crippen molar-refractivity contribution in [1.82, 2.24) is 0 Å². The minimum Gasteiger partial charge on any atom is -0.507 e. The predicted molar refractivity (Wildman–Crippen MR) is 71.4 cm³/mol. The molecule has 0 amide bonds. The van der Waals surface area contributed by atoms with E-state index >= 15 is 0 Å². The molecule has 2 aromatic carbocycles. The van der Waals surface area contributed by atoms with Crippen molar-refractivity contribution in [3.05, 3.63) is 60.7 Å². The minimum atomic E-state index is -4.98. The molecule has 0 radical (unpaired) electrons. The summed E-state index contributed by atoms with van der Waals surface area (Å²) in [5.41, 5.74) is 0. The summed E-state index contributed by atoms with van der Waals surface area (Å²) in [7, 11) is -2.68. The van der Waals surface area contributed by atoms with Crippen LogP contribution in [0.3, 0.4) is 0 Å². The minimum absolute atomic E-state index is 0.622. The first-order chi connectivity index (χ1) is 9.48. The molecule has 0 N–H and O–H groups in total. The number of rotatable bonds is 3. The molecule has 0 heterocycles. The van der Waals surface area contributed by atoms with Crippen molar-refractivity contribution in [3.8, 4) is 0 Å². The molecular weight excluding hydrogens is 285 g/mol. The highest BCUT2D eigenvalue weighted by Gasteiger charge is 2.42. The Morgan fingerprint density at radius 1 is 0.850 bits per heavy atom. The molecule has 0 aliphatic carbocycles. The van der Waals surface area contributed by atoms with E-state index in [1.165, 1.54) is 0 Å². The molecule has 2 aromatic rings. The third-order valence-corrected chi connectivity index (χ3v) is 5.09. The van der Waals surface area contributed by atoms with Crippen molar-refractivity contribution >= 4 is 25.4 Å². The molecule has 0 aliphatic rings. The van der Waals surface area contributed by atoms with Gasteiger partial charge in [0.2, 0.25) is 0 Å². The standard InChI is InChI=1S/C14H11F3O2Si/c15-14(16,17)13(18)19-20(11-7-3-1-4-8-11)12-9-5-2-6-10-12/h1-10,20H. The summed E-state index contributed by atoms with van der Waals surface area (Å²) in [5.74, 6) is -2.14. The van der Waals surface area contributed by atoms with E-state index in [-0.39, 0.29) is 0 Å². The van der Waals surface area contributed by atoms with Crippen molar-refractivity contribution in [2.24, 2.45) is 0 Å². The van der Waals surface area contributed by atoms with Gasteiger partial charge in [-0.05, 0) is 10.4 Å². The van der Waals surface area contributed by atoms with Crippen LogP contribution in [0.15, 0.2) is 60.7 Å². The molecule has 0 spiro atoms. The van der Waals surface area contributed by atoms with E-state index in [2.05, 4.69) is 0 Å². The van der Waals surface area contributed by atoms with Crippen LogP contribution in [0.1, 0.15) is 0 Å². The van der Waals surface area contributed by atoms with Gasteiger partial charge in [-0.3, -0.25) is 0 Å². The van der Waals surface area contributed by atoms with Gasteiger partial charge in [-0.25, -0.2) is 4.79 Å². The first kappa shape index (κ1) is 14.3. The fourth-order valence-electron chi connectivity index (χ4n) is 1.76. The summed E-state index contributed by atoms with van der Waals surface area (Å²) in [6.45, 7) is 0. The molecule has 0 saturated carbocycles. The molecular formula is C14H11F3O2Si. The van der Waals surface area contributed by atoms with Gasteiger partial charge < -0.3 is 4.43 Å². The maximum absolute atomic E-state index is 12.4. The van der Waals surface area contributed by atoms with E-state index in [4.69, 9.17) is 4.43 Å². The topological polar surface area (TPSA) is 26.3 Å². The molecule has 0 aromatic heterocycles. The van der Waals surface area contributed by atoms with Crippen LogP contribution in [-0.2, 0) is 9.22 Å². The SMILES string of the molecule is O=C(O[SiH](c1ccccc1)c1ccccc1)C(F)(F)F. The lowest BCUT2D eigenvalue weighted by Gasteiger charge is -2.18. The summed E-state index contributed by atoms with van der Waals surface area (Å²) >= 11 is 0. The van der Waals surface area contributed by atoms with Crippen molar-refractivity contribution in [3.63, 3.8) is 0 Å². The van der Waals surface area contributed by atoms with Crippen LogP contribution in [-0.4, -0.2) is 21.2 Å². The lowest BCUT2D eigenvalue weighted by molar-refractivity contribution is -0.189.